The molecule has 7 nitrogen and oxygen atoms in total. The molecule has 2 aromatic rings. The first kappa shape index (κ1) is 19.1. The summed E-state index contributed by atoms with van der Waals surface area (Å²) in [5, 5.41) is 17.1. The quantitative estimate of drug-likeness (QED) is 0.548. The Morgan fingerprint density at radius 2 is 1.92 bits per heavy atom. The molecule has 2 aromatic heterocycles. The second-order valence-electron chi connectivity index (χ2n) is 6.40. The summed E-state index contributed by atoms with van der Waals surface area (Å²) in [4.78, 5) is 8.79. The van der Waals surface area contributed by atoms with Gasteiger partial charge in [0.25, 0.3) is 0 Å². The van der Waals surface area contributed by atoms with Crippen molar-refractivity contribution in [1.82, 2.24) is 15.6 Å². The molecular formula is C18H28N4O3. The van der Waals surface area contributed by atoms with Crippen LogP contribution in [0.2, 0.25) is 0 Å². The van der Waals surface area contributed by atoms with Crippen LogP contribution in [0.1, 0.15) is 48.3 Å². The van der Waals surface area contributed by atoms with Gasteiger partial charge in [0.05, 0.1) is 12.2 Å². The molecule has 1 unspecified atom stereocenters. The predicted molar refractivity (Wildman–Crippen MR) is 96.5 cm³/mol. The number of nitrogens with zero attached hydrogens (tertiary/aromatic N) is 2. The van der Waals surface area contributed by atoms with E-state index < -0.39 is 5.60 Å². The van der Waals surface area contributed by atoms with Crippen molar-refractivity contribution in [3.05, 3.63) is 40.5 Å². The van der Waals surface area contributed by atoms with E-state index in [0.29, 0.717) is 31.5 Å². The van der Waals surface area contributed by atoms with Crippen molar-refractivity contribution in [3.63, 3.8) is 0 Å². The smallest absolute Gasteiger partial charge is 0.216 e. The predicted octanol–water partition coefficient (Wildman–Crippen LogP) is 2.46. The van der Waals surface area contributed by atoms with Crippen LogP contribution in [0.15, 0.2) is 19.9 Å². The summed E-state index contributed by atoms with van der Waals surface area (Å²) in [6.45, 7) is 12.6. The highest BCUT2D eigenvalue weighted by Gasteiger charge is 2.27. The molecule has 0 saturated carbocycles. The van der Waals surface area contributed by atoms with E-state index in [2.05, 4.69) is 20.6 Å². The minimum Gasteiger partial charge on any atom is -0.466 e. The van der Waals surface area contributed by atoms with Crippen molar-refractivity contribution >= 4 is 5.96 Å². The maximum Gasteiger partial charge on any atom is 0.216 e. The molecule has 0 bridgehead atoms. The van der Waals surface area contributed by atoms with E-state index in [4.69, 9.17) is 8.83 Å². The Morgan fingerprint density at radius 1 is 1.20 bits per heavy atom. The van der Waals surface area contributed by atoms with Crippen LogP contribution in [-0.2, 0) is 12.1 Å². The lowest BCUT2D eigenvalue weighted by molar-refractivity contribution is 0.0601. The largest absolute Gasteiger partial charge is 0.466 e. The summed E-state index contributed by atoms with van der Waals surface area (Å²) in [7, 11) is 0. The van der Waals surface area contributed by atoms with Gasteiger partial charge in [0.15, 0.2) is 5.96 Å². The molecule has 0 aliphatic carbocycles. The molecule has 0 aliphatic heterocycles. The average Bonchev–Trinajstić information content (AvgIpc) is 3.04. The van der Waals surface area contributed by atoms with Crippen LogP contribution in [0.4, 0.5) is 0 Å². The summed E-state index contributed by atoms with van der Waals surface area (Å²) in [6, 6.07) is 1.86. The first-order valence-corrected chi connectivity index (χ1v) is 8.48. The van der Waals surface area contributed by atoms with Gasteiger partial charge < -0.3 is 24.6 Å². The van der Waals surface area contributed by atoms with Gasteiger partial charge in [-0.1, -0.05) is 0 Å². The molecule has 2 heterocycles. The molecular weight excluding hydrogens is 320 g/mol. The fourth-order valence-electron chi connectivity index (χ4n) is 2.61. The number of aryl methyl sites for hydroxylation is 4. The molecule has 2 rings (SSSR count). The van der Waals surface area contributed by atoms with Crippen molar-refractivity contribution in [2.24, 2.45) is 4.99 Å². The van der Waals surface area contributed by atoms with Crippen LogP contribution in [-0.4, -0.2) is 29.1 Å². The summed E-state index contributed by atoms with van der Waals surface area (Å²) >= 11 is 0. The van der Waals surface area contributed by atoms with Gasteiger partial charge in [0, 0.05) is 12.1 Å². The molecule has 0 aliphatic rings. The summed E-state index contributed by atoms with van der Waals surface area (Å²) < 4.78 is 11.1. The number of hydrogen-bond donors (Lipinski definition) is 3. The normalized spacial score (nSPS) is 14.4. The van der Waals surface area contributed by atoms with Crippen LogP contribution in [0, 0.1) is 27.7 Å². The third-order valence-electron chi connectivity index (χ3n) is 4.01. The number of aliphatic imine (C=N–C) groups is 1. The van der Waals surface area contributed by atoms with Gasteiger partial charge in [-0.2, -0.15) is 0 Å². The third kappa shape index (κ3) is 4.85. The van der Waals surface area contributed by atoms with E-state index >= 15 is 0 Å². The Bertz CT molecular complexity index is 724. The standard InChI is InChI=1S/C18H28N4O3/c1-7-19-17(20-9-16-22-12(3)13(4)25-16)21-10-18(6,23)15-8-11(2)24-14(15)5/h8,23H,7,9-10H2,1-6H3,(H2,19,20,21). The molecule has 0 fully saturated rings. The zero-order valence-electron chi connectivity index (χ0n) is 15.9. The Hall–Kier alpha value is -2.28. The molecule has 1 atom stereocenters. The van der Waals surface area contributed by atoms with E-state index in [0.717, 1.165) is 28.5 Å². The number of oxazole rings is 1. The first-order chi connectivity index (χ1) is 11.7. The Kier molecular flexibility index (Phi) is 5.89. The number of furan rings is 1. The van der Waals surface area contributed by atoms with Gasteiger partial charge in [0.1, 0.15) is 29.4 Å². The number of nitrogens with one attached hydrogen (secondary N) is 2. The summed E-state index contributed by atoms with van der Waals surface area (Å²) in [5.74, 6) is 3.46. The molecule has 7 heteroatoms. The number of guanidine groups is 1. The summed E-state index contributed by atoms with van der Waals surface area (Å²) in [6.07, 6.45) is 0. The molecule has 138 valence electrons. The second kappa shape index (κ2) is 7.74. The van der Waals surface area contributed by atoms with Crippen LogP contribution in [0.3, 0.4) is 0 Å². The highest BCUT2D eigenvalue weighted by atomic mass is 16.4. The zero-order chi connectivity index (χ0) is 18.6. The average molecular weight is 348 g/mol. The molecule has 0 spiro atoms. The van der Waals surface area contributed by atoms with Crippen molar-refractivity contribution in [1.29, 1.82) is 0 Å². The highest BCUT2D eigenvalue weighted by Crippen LogP contribution is 2.26. The van der Waals surface area contributed by atoms with Crippen LogP contribution >= 0.6 is 0 Å². The molecule has 0 saturated heterocycles. The number of hydrogen-bond acceptors (Lipinski definition) is 5. The van der Waals surface area contributed by atoms with E-state index in [1.54, 1.807) is 6.92 Å². The number of aliphatic hydroxyl groups is 1. The number of rotatable bonds is 6. The second-order valence-corrected chi connectivity index (χ2v) is 6.40. The van der Waals surface area contributed by atoms with Gasteiger partial charge in [0.2, 0.25) is 5.89 Å². The highest BCUT2D eigenvalue weighted by molar-refractivity contribution is 5.79. The van der Waals surface area contributed by atoms with Crippen LogP contribution < -0.4 is 10.6 Å². The lowest BCUT2D eigenvalue weighted by Crippen LogP contribution is -2.44. The molecule has 0 aromatic carbocycles. The minimum atomic E-state index is -1.08. The lowest BCUT2D eigenvalue weighted by atomic mass is 9.96. The SMILES string of the molecule is CCNC(=NCc1nc(C)c(C)o1)NCC(C)(O)c1cc(C)oc1C. The first-order valence-electron chi connectivity index (χ1n) is 8.48. The summed E-state index contributed by atoms with van der Waals surface area (Å²) in [5.41, 5.74) is 0.568. The van der Waals surface area contributed by atoms with Crippen molar-refractivity contribution in [3.8, 4) is 0 Å². The van der Waals surface area contributed by atoms with Gasteiger partial charge in [-0.25, -0.2) is 9.98 Å². The zero-order valence-corrected chi connectivity index (χ0v) is 15.9. The molecule has 25 heavy (non-hydrogen) atoms. The molecule has 3 N–H and O–H groups in total. The Balaban J connectivity index is 2.05. The van der Waals surface area contributed by atoms with Crippen LogP contribution in [0.5, 0.6) is 0 Å². The van der Waals surface area contributed by atoms with Crippen LogP contribution in [0.25, 0.3) is 0 Å². The van der Waals surface area contributed by atoms with Crippen molar-refractivity contribution in [2.75, 3.05) is 13.1 Å². The maximum atomic E-state index is 10.8. The fourth-order valence-corrected chi connectivity index (χ4v) is 2.61. The minimum absolute atomic E-state index is 0.294. The van der Waals surface area contributed by atoms with E-state index in [1.165, 1.54) is 0 Å². The van der Waals surface area contributed by atoms with Gasteiger partial charge in [-0.05, 0) is 47.6 Å². The number of aromatic nitrogens is 1. The van der Waals surface area contributed by atoms with Gasteiger partial charge in [-0.3, -0.25) is 0 Å². The third-order valence-corrected chi connectivity index (χ3v) is 4.01. The molecule has 0 amide bonds. The van der Waals surface area contributed by atoms with E-state index in [9.17, 15) is 5.11 Å². The van der Waals surface area contributed by atoms with E-state index in [-0.39, 0.29) is 0 Å². The van der Waals surface area contributed by atoms with Gasteiger partial charge >= 0.3 is 0 Å². The monoisotopic (exact) mass is 348 g/mol. The maximum absolute atomic E-state index is 10.8. The molecule has 0 radical (unpaired) electrons. The van der Waals surface area contributed by atoms with E-state index in [1.807, 2.05) is 40.7 Å². The lowest BCUT2D eigenvalue weighted by Gasteiger charge is -2.24. The van der Waals surface area contributed by atoms with Crippen molar-refractivity contribution < 1.29 is 13.9 Å². The topological polar surface area (TPSA) is 95.8 Å². The Labute approximate surface area is 148 Å². The fraction of sp³-hybridized carbons (Fsp3) is 0.556. The van der Waals surface area contributed by atoms with Gasteiger partial charge in [-0.15, -0.1) is 0 Å². The Morgan fingerprint density at radius 3 is 2.44 bits per heavy atom. The van der Waals surface area contributed by atoms with Crippen molar-refractivity contribution in [2.45, 2.75) is 53.7 Å².